The maximum absolute atomic E-state index is 12.0. The molecule has 2 N–H and O–H groups in total. The van der Waals surface area contributed by atoms with Gasteiger partial charge in [-0.3, -0.25) is 9.48 Å². The smallest absolute Gasteiger partial charge is 0.255 e. The van der Waals surface area contributed by atoms with Gasteiger partial charge in [0.05, 0.1) is 23.9 Å². The summed E-state index contributed by atoms with van der Waals surface area (Å²) < 4.78 is 1.67. The van der Waals surface area contributed by atoms with E-state index < -0.39 is 6.10 Å². The molecule has 1 aromatic heterocycles. The second kappa shape index (κ2) is 4.87. The highest BCUT2D eigenvalue weighted by Crippen LogP contribution is 2.19. The molecule has 1 aliphatic rings. The van der Waals surface area contributed by atoms with Crippen molar-refractivity contribution in [3.8, 4) is 0 Å². The normalized spacial score (nSPS) is 24.6. The summed E-state index contributed by atoms with van der Waals surface area (Å²) in [5.41, 5.74) is 1.43. The first-order valence-corrected chi connectivity index (χ1v) is 6.07. The van der Waals surface area contributed by atoms with Crippen molar-refractivity contribution in [3.63, 3.8) is 0 Å². The fourth-order valence-corrected chi connectivity index (χ4v) is 2.25. The molecule has 94 valence electrons. The summed E-state index contributed by atoms with van der Waals surface area (Å²) in [7, 11) is 1.81. The van der Waals surface area contributed by atoms with Gasteiger partial charge in [-0.2, -0.15) is 5.10 Å². The van der Waals surface area contributed by atoms with Gasteiger partial charge in [0.1, 0.15) is 0 Å². The Balaban J connectivity index is 2.03. The largest absolute Gasteiger partial charge is 0.391 e. The SMILES string of the molecule is Cc1c(C(=O)NC2CCCCC2O)cnn1C. The number of carbonyl (C=O) groups excluding carboxylic acids is 1. The number of nitrogens with one attached hydrogen (secondary N) is 1. The van der Waals surface area contributed by atoms with E-state index in [0.717, 1.165) is 31.4 Å². The van der Waals surface area contributed by atoms with Crippen LogP contribution in [0.4, 0.5) is 0 Å². The summed E-state index contributed by atoms with van der Waals surface area (Å²) in [5.74, 6) is -0.137. The average Bonchev–Trinajstić information content (AvgIpc) is 2.63. The van der Waals surface area contributed by atoms with Crippen LogP contribution in [0.5, 0.6) is 0 Å². The summed E-state index contributed by atoms with van der Waals surface area (Å²) >= 11 is 0. The maximum Gasteiger partial charge on any atom is 0.255 e. The molecule has 1 heterocycles. The van der Waals surface area contributed by atoms with Gasteiger partial charge in [0, 0.05) is 12.7 Å². The number of aryl methyl sites for hydroxylation is 1. The Morgan fingerprint density at radius 3 is 2.82 bits per heavy atom. The van der Waals surface area contributed by atoms with Gasteiger partial charge in [-0.15, -0.1) is 0 Å². The van der Waals surface area contributed by atoms with Gasteiger partial charge >= 0.3 is 0 Å². The first kappa shape index (κ1) is 12.1. The van der Waals surface area contributed by atoms with E-state index in [2.05, 4.69) is 10.4 Å². The van der Waals surface area contributed by atoms with Crippen LogP contribution in [-0.2, 0) is 7.05 Å². The van der Waals surface area contributed by atoms with E-state index >= 15 is 0 Å². The van der Waals surface area contributed by atoms with Crippen molar-refractivity contribution >= 4 is 5.91 Å². The first-order chi connectivity index (χ1) is 8.09. The molecule has 0 bridgehead atoms. The first-order valence-electron chi connectivity index (χ1n) is 6.07. The molecule has 0 radical (unpaired) electrons. The van der Waals surface area contributed by atoms with Crippen LogP contribution in [0.15, 0.2) is 6.20 Å². The predicted octanol–water partition coefficient (Wildman–Crippen LogP) is 0.762. The summed E-state index contributed by atoms with van der Waals surface area (Å²) in [6, 6.07) is -0.115. The quantitative estimate of drug-likeness (QED) is 0.798. The Hall–Kier alpha value is -1.36. The van der Waals surface area contributed by atoms with Crippen molar-refractivity contribution in [2.45, 2.75) is 44.8 Å². The topological polar surface area (TPSA) is 67.2 Å². The van der Waals surface area contributed by atoms with Crippen LogP contribution in [0.1, 0.15) is 41.7 Å². The van der Waals surface area contributed by atoms with Crippen LogP contribution in [0.3, 0.4) is 0 Å². The van der Waals surface area contributed by atoms with Gasteiger partial charge in [-0.1, -0.05) is 12.8 Å². The third kappa shape index (κ3) is 2.49. The standard InChI is InChI=1S/C12H19N3O2/c1-8-9(7-13-15(8)2)12(17)14-10-5-3-4-6-11(10)16/h7,10-11,16H,3-6H2,1-2H3,(H,14,17). The molecule has 5 heteroatoms. The zero-order valence-corrected chi connectivity index (χ0v) is 10.3. The Bertz CT molecular complexity index is 414. The highest BCUT2D eigenvalue weighted by atomic mass is 16.3. The second-order valence-electron chi connectivity index (χ2n) is 4.70. The van der Waals surface area contributed by atoms with E-state index in [1.54, 1.807) is 10.9 Å². The fourth-order valence-electron chi connectivity index (χ4n) is 2.25. The molecule has 2 rings (SSSR count). The second-order valence-corrected chi connectivity index (χ2v) is 4.70. The number of hydrogen-bond donors (Lipinski definition) is 2. The number of amides is 1. The van der Waals surface area contributed by atoms with E-state index in [1.165, 1.54) is 0 Å². The van der Waals surface area contributed by atoms with E-state index in [4.69, 9.17) is 0 Å². The monoisotopic (exact) mass is 237 g/mol. The van der Waals surface area contributed by atoms with Crippen LogP contribution < -0.4 is 5.32 Å². The zero-order chi connectivity index (χ0) is 12.4. The third-order valence-corrected chi connectivity index (χ3v) is 3.53. The van der Waals surface area contributed by atoms with Crippen molar-refractivity contribution in [1.82, 2.24) is 15.1 Å². The molecular formula is C12H19N3O2. The van der Waals surface area contributed by atoms with Gasteiger partial charge in [-0.25, -0.2) is 0 Å². The van der Waals surface area contributed by atoms with Gasteiger partial charge < -0.3 is 10.4 Å². The van der Waals surface area contributed by atoms with Gasteiger partial charge in [0.15, 0.2) is 0 Å². The zero-order valence-electron chi connectivity index (χ0n) is 10.3. The number of hydrogen-bond acceptors (Lipinski definition) is 3. The number of aliphatic hydroxyl groups is 1. The third-order valence-electron chi connectivity index (χ3n) is 3.53. The van der Waals surface area contributed by atoms with Crippen molar-refractivity contribution in [3.05, 3.63) is 17.5 Å². The highest BCUT2D eigenvalue weighted by molar-refractivity contribution is 5.95. The maximum atomic E-state index is 12.0. The lowest BCUT2D eigenvalue weighted by atomic mass is 9.92. The molecule has 0 aromatic carbocycles. The molecule has 17 heavy (non-hydrogen) atoms. The molecule has 2 unspecified atom stereocenters. The van der Waals surface area contributed by atoms with Gasteiger partial charge in [0.25, 0.3) is 5.91 Å². The Kier molecular flexibility index (Phi) is 3.47. The summed E-state index contributed by atoms with van der Waals surface area (Å²) in [4.78, 5) is 12.0. The van der Waals surface area contributed by atoms with Gasteiger partial charge in [-0.05, 0) is 19.8 Å². The Labute approximate surface area is 101 Å². The molecule has 5 nitrogen and oxygen atoms in total. The Morgan fingerprint density at radius 2 is 2.24 bits per heavy atom. The number of rotatable bonds is 2. The van der Waals surface area contributed by atoms with Gasteiger partial charge in [0.2, 0.25) is 0 Å². The highest BCUT2D eigenvalue weighted by Gasteiger charge is 2.25. The lowest BCUT2D eigenvalue weighted by molar-refractivity contribution is 0.0716. The number of carbonyl (C=O) groups is 1. The van der Waals surface area contributed by atoms with Crippen LogP contribution in [0.2, 0.25) is 0 Å². The number of nitrogens with zero attached hydrogens (tertiary/aromatic N) is 2. The van der Waals surface area contributed by atoms with Crippen LogP contribution in [0.25, 0.3) is 0 Å². The lowest BCUT2D eigenvalue weighted by Gasteiger charge is -2.28. The molecule has 2 atom stereocenters. The fraction of sp³-hybridized carbons (Fsp3) is 0.667. The summed E-state index contributed by atoms with van der Waals surface area (Å²) in [6.07, 6.45) is 4.89. The molecule has 1 aliphatic carbocycles. The predicted molar refractivity (Wildman–Crippen MR) is 63.7 cm³/mol. The molecule has 1 amide bonds. The molecule has 1 aromatic rings. The van der Waals surface area contributed by atoms with Crippen LogP contribution in [-0.4, -0.2) is 32.9 Å². The minimum Gasteiger partial charge on any atom is -0.391 e. The van der Waals surface area contributed by atoms with Crippen molar-refractivity contribution in [2.24, 2.45) is 7.05 Å². The minimum absolute atomic E-state index is 0.115. The molecule has 0 spiro atoms. The van der Waals surface area contributed by atoms with Crippen molar-refractivity contribution < 1.29 is 9.90 Å². The number of aliphatic hydroxyl groups excluding tert-OH is 1. The Morgan fingerprint density at radius 1 is 1.53 bits per heavy atom. The molecule has 0 saturated heterocycles. The minimum atomic E-state index is -0.412. The van der Waals surface area contributed by atoms with E-state index in [9.17, 15) is 9.90 Å². The van der Waals surface area contributed by atoms with Crippen LogP contribution in [0, 0.1) is 6.92 Å². The lowest BCUT2D eigenvalue weighted by Crippen LogP contribution is -2.45. The average molecular weight is 237 g/mol. The van der Waals surface area contributed by atoms with E-state index in [1.807, 2.05) is 14.0 Å². The van der Waals surface area contributed by atoms with E-state index in [-0.39, 0.29) is 11.9 Å². The molecular weight excluding hydrogens is 218 g/mol. The summed E-state index contributed by atoms with van der Waals surface area (Å²) in [6.45, 7) is 1.86. The number of aromatic nitrogens is 2. The molecule has 1 saturated carbocycles. The van der Waals surface area contributed by atoms with Crippen molar-refractivity contribution in [2.75, 3.05) is 0 Å². The van der Waals surface area contributed by atoms with Crippen molar-refractivity contribution in [1.29, 1.82) is 0 Å². The summed E-state index contributed by atoms with van der Waals surface area (Å²) in [5, 5.41) is 16.7. The van der Waals surface area contributed by atoms with Crippen LogP contribution >= 0.6 is 0 Å². The van der Waals surface area contributed by atoms with E-state index in [0.29, 0.717) is 5.56 Å². The molecule has 0 aliphatic heterocycles. The molecule has 1 fully saturated rings.